The molecule has 0 unspecified atom stereocenters. The molecule has 17 heavy (non-hydrogen) atoms. The van der Waals surface area contributed by atoms with Gasteiger partial charge in [0.25, 0.3) is 0 Å². The normalized spacial score (nSPS) is 11.0. The lowest BCUT2D eigenvalue weighted by Crippen LogP contribution is -2.09. The number of benzene rings is 1. The number of rotatable bonds is 4. The van der Waals surface area contributed by atoms with Crippen LogP contribution < -0.4 is 5.73 Å². The molecule has 90 valence electrons. The molecule has 0 aliphatic rings. The van der Waals surface area contributed by atoms with E-state index in [4.69, 9.17) is 10.8 Å². The van der Waals surface area contributed by atoms with Crippen molar-refractivity contribution in [1.82, 2.24) is 0 Å². The van der Waals surface area contributed by atoms with Crippen molar-refractivity contribution in [2.75, 3.05) is 12.8 Å². The highest BCUT2D eigenvalue weighted by Crippen LogP contribution is 2.14. The van der Waals surface area contributed by atoms with E-state index in [1.807, 2.05) is 0 Å². The summed E-state index contributed by atoms with van der Waals surface area (Å²) in [5.74, 6) is -1.75. The van der Waals surface area contributed by atoms with Crippen LogP contribution in [0.15, 0.2) is 29.8 Å². The largest absolute Gasteiger partial charge is 0.481 e. The number of carbonyl (C=O) groups excluding carboxylic acids is 1. The number of carboxylic acids is 1. The summed E-state index contributed by atoms with van der Waals surface area (Å²) < 4.78 is 4.51. The number of esters is 1. The van der Waals surface area contributed by atoms with Gasteiger partial charge in [-0.2, -0.15) is 0 Å². The molecule has 0 atom stereocenters. The van der Waals surface area contributed by atoms with Gasteiger partial charge in [0.2, 0.25) is 0 Å². The highest BCUT2D eigenvalue weighted by Gasteiger charge is 2.13. The standard InChI is InChI=1S/C12H13NO4/c1-17-12(16)9(7-11(14)15)5-8-3-2-4-10(13)6-8/h2-6H,7,13H2,1H3,(H,14,15)/b9-5-. The van der Waals surface area contributed by atoms with Crippen molar-refractivity contribution in [2.24, 2.45) is 0 Å². The molecule has 0 saturated heterocycles. The van der Waals surface area contributed by atoms with Gasteiger partial charge in [0.15, 0.2) is 0 Å². The fourth-order valence-corrected chi connectivity index (χ4v) is 1.33. The molecule has 5 heteroatoms. The molecule has 1 rings (SSSR count). The van der Waals surface area contributed by atoms with E-state index in [9.17, 15) is 9.59 Å². The van der Waals surface area contributed by atoms with Gasteiger partial charge in [-0.25, -0.2) is 4.79 Å². The summed E-state index contributed by atoms with van der Waals surface area (Å²) in [6.07, 6.45) is 1.07. The van der Waals surface area contributed by atoms with Crippen molar-refractivity contribution in [3.05, 3.63) is 35.4 Å². The Bertz CT molecular complexity index is 465. The predicted octanol–water partition coefficient (Wildman–Crippen LogP) is 1.30. The Balaban J connectivity index is 3.04. The topological polar surface area (TPSA) is 89.6 Å². The minimum atomic E-state index is -1.09. The summed E-state index contributed by atoms with van der Waals surface area (Å²) in [5, 5.41) is 8.69. The van der Waals surface area contributed by atoms with Gasteiger partial charge in [0.05, 0.1) is 13.5 Å². The third kappa shape index (κ3) is 3.98. The highest BCUT2D eigenvalue weighted by molar-refractivity contribution is 5.97. The van der Waals surface area contributed by atoms with E-state index in [-0.39, 0.29) is 12.0 Å². The first-order valence-corrected chi connectivity index (χ1v) is 4.89. The van der Waals surface area contributed by atoms with Crippen molar-refractivity contribution in [1.29, 1.82) is 0 Å². The SMILES string of the molecule is COC(=O)/C(=C\c1cccc(N)c1)CC(=O)O. The number of ether oxygens (including phenoxy) is 1. The molecule has 0 fully saturated rings. The molecule has 0 aliphatic carbocycles. The number of methoxy groups -OCH3 is 1. The molecule has 3 N–H and O–H groups in total. The summed E-state index contributed by atoms with van der Waals surface area (Å²) in [5.41, 5.74) is 6.86. The van der Waals surface area contributed by atoms with Gasteiger partial charge in [-0.3, -0.25) is 4.79 Å². The van der Waals surface area contributed by atoms with E-state index in [1.165, 1.54) is 13.2 Å². The van der Waals surface area contributed by atoms with Crippen LogP contribution in [0.4, 0.5) is 5.69 Å². The predicted molar refractivity (Wildman–Crippen MR) is 63.1 cm³/mol. The van der Waals surface area contributed by atoms with Crippen LogP contribution in [-0.4, -0.2) is 24.2 Å². The van der Waals surface area contributed by atoms with Gasteiger partial charge in [-0.05, 0) is 23.8 Å². The van der Waals surface area contributed by atoms with E-state index in [2.05, 4.69) is 4.74 Å². The first-order chi connectivity index (χ1) is 8.02. The summed E-state index contributed by atoms with van der Waals surface area (Å²) in [4.78, 5) is 22.0. The molecule has 0 saturated carbocycles. The van der Waals surface area contributed by atoms with Crippen molar-refractivity contribution in [3.8, 4) is 0 Å². The molecule has 1 aromatic carbocycles. The number of carbonyl (C=O) groups is 2. The fourth-order valence-electron chi connectivity index (χ4n) is 1.33. The van der Waals surface area contributed by atoms with E-state index in [0.717, 1.165) is 0 Å². The Hall–Kier alpha value is -2.30. The number of hydrogen-bond acceptors (Lipinski definition) is 4. The van der Waals surface area contributed by atoms with E-state index in [0.29, 0.717) is 11.3 Å². The first-order valence-electron chi connectivity index (χ1n) is 4.89. The number of hydrogen-bond donors (Lipinski definition) is 2. The van der Waals surface area contributed by atoms with E-state index in [1.54, 1.807) is 24.3 Å². The lowest BCUT2D eigenvalue weighted by Gasteiger charge is -2.03. The Morgan fingerprint density at radius 1 is 1.47 bits per heavy atom. The smallest absolute Gasteiger partial charge is 0.334 e. The number of aliphatic carboxylic acids is 1. The molecule has 1 aromatic rings. The van der Waals surface area contributed by atoms with Crippen molar-refractivity contribution in [2.45, 2.75) is 6.42 Å². The maximum absolute atomic E-state index is 11.4. The Labute approximate surface area is 98.5 Å². The molecule has 0 aliphatic heterocycles. The average molecular weight is 235 g/mol. The van der Waals surface area contributed by atoms with Crippen LogP contribution in [0.25, 0.3) is 6.08 Å². The second kappa shape index (κ2) is 5.69. The monoisotopic (exact) mass is 235 g/mol. The van der Waals surface area contributed by atoms with Gasteiger partial charge in [0.1, 0.15) is 0 Å². The average Bonchev–Trinajstić information content (AvgIpc) is 2.26. The van der Waals surface area contributed by atoms with Crippen LogP contribution in [0.5, 0.6) is 0 Å². The highest BCUT2D eigenvalue weighted by atomic mass is 16.5. The maximum atomic E-state index is 11.4. The quantitative estimate of drug-likeness (QED) is 0.466. The van der Waals surface area contributed by atoms with Gasteiger partial charge < -0.3 is 15.6 Å². The lowest BCUT2D eigenvalue weighted by molar-refractivity contribution is -0.141. The molecule has 0 heterocycles. The van der Waals surface area contributed by atoms with E-state index < -0.39 is 11.9 Å². The van der Waals surface area contributed by atoms with E-state index >= 15 is 0 Å². The molecular weight excluding hydrogens is 222 g/mol. The van der Waals surface area contributed by atoms with Crippen LogP contribution in [-0.2, 0) is 14.3 Å². The number of nitrogens with two attached hydrogens (primary N) is 1. The van der Waals surface area contributed by atoms with Gasteiger partial charge in [-0.15, -0.1) is 0 Å². The van der Waals surface area contributed by atoms with Gasteiger partial charge in [-0.1, -0.05) is 12.1 Å². The first kappa shape index (κ1) is 12.8. The summed E-state index contributed by atoms with van der Waals surface area (Å²) >= 11 is 0. The summed E-state index contributed by atoms with van der Waals surface area (Å²) in [7, 11) is 1.21. The van der Waals surface area contributed by atoms with Crippen molar-refractivity contribution in [3.63, 3.8) is 0 Å². The number of carboxylic acid groups (broad SMARTS) is 1. The number of nitrogen functional groups attached to an aromatic ring is 1. The van der Waals surface area contributed by atoms with Crippen molar-refractivity contribution < 1.29 is 19.4 Å². The second-order valence-corrected chi connectivity index (χ2v) is 3.40. The Morgan fingerprint density at radius 3 is 2.71 bits per heavy atom. The molecule has 0 aromatic heterocycles. The minimum absolute atomic E-state index is 0.0746. The lowest BCUT2D eigenvalue weighted by atomic mass is 10.1. The van der Waals surface area contributed by atoms with Crippen LogP contribution in [0.1, 0.15) is 12.0 Å². The molecular formula is C12H13NO4. The maximum Gasteiger partial charge on any atom is 0.334 e. The Morgan fingerprint density at radius 2 is 2.18 bits per heavy atom. The zero-order valence-electron chi connectivity index (χ0n) is 9.34. The molecule has 0 bridgehead atoms. The van der Waals surface area contributed by atoms with Crippen LogP contribution in [0.3, 0.4) is 0 Å². The molecule has 0 amide bonds. The zero-order valence-corrected chi connectivity index (χ0v) is 9.34. The van der Waals surface area contributed by atoms with Crippen LogP contribution >= 0.6 is 0 Å². The second-order valence-electron chi connectivity index (χ2n) is 3.40. The summed E-state index contributed by atoms with van der Waals surface area (Å²) in [6.45, 7) is 0. The minimum Gasteiger partial charge on any atom is -0.481 e. The molecule has 0 spiro atoms. The molecule has 5 nitrogen and oxygen atoms in total. The van der Waals surface area contributed by atoms with Crippen molar-refractivity contribution >= 4 is 23.7 Å². The van der Waals surface area contributed by atoms with Gasteiger partial charge >= 0.3 is 11.9 Å². The van der Waals surface area contributed by atoms with Crippen LogP contribution in [0.2, 0.25) is 0 Å². The third-order valence-corrected chi connectivity index (χ3v) is 2.04. The fraction of sp³-hybridized carbons (Fsp3) is 0.167. The third-order valence-electron chi connectivity index (χ3n) is 2.04. The Kier molecular flexibility index (Phi) is 4.28. The van der Waals surface area contributed by atoms with Crippen LogP contribution in [0, 0.1) is 0 Å². The number of anilines is 1. The van der Waals surface area contributed by atoms with Gasteiger partial charge in [0, 0.05) is 11.3 Å². The summed E-state index contributed by atoms with van der Waals surface area (Å²) in [6, 6.07) is 6.79. The molecule has 0 radical (unpaired) electrons. The zero-order chi connectivity index (χ0) is 12.8.